The Labute approximate surface area is 133 Å². The molecule has 2 nitrogen and oxygen atoms in total. The summed E-state index contributed by atoms with van der Waals surface area (Å²) in [6.45, 7) is 0. The lowest BCUT2D eigenvalue weighted by molar-refractivity contribution is 0.100. The summed E-state index contributed by atoms with van der Waals surface area (Å²) in [7, 11) is 0. The highest BCUT2D eigenvalue weighted by atomic mass is 19.1. The van der Waals surface area contributed by atoms with E-state index in [9.17, 15) is 14.0 Å². The highest BCUT2D eigenvalue weighted by molar-refractivity contribution is 6.19. The van der Waals surface area contributed by atoms with Gasteiger partial charge in [-0.2, -0.15) is 0 Å². The van der Waals surface area contributed by atoms with E-state index in [1.165, 1.54) is 12.1 Å². The SMILES string of the molecule is O=C(c1ccccc1)c1ccc(F)cc1C(=O)c1ccccc1. The Morgan fingerprint density at radius 3 is 1.61 bits per heavy atom. The van der Waals surface area contributed by atoms with Crippen molar-refractivity contribution < 1.29 is 14.0 Å². The maximum absolute atomic E-state index is 13.6. The fourth-order valence-electron chi connectivity index (χ4n) is 2.39. The van der Waals surface area contributed by atoms with Gasteiger partial charge in [0.15, 0.2) is 11.6 Å². The van der Waals surface area contributed by atoms with Gasteiger partial charge in [-0.1, -0.05) is 60.7 Å². The Hall–Kier alpha value is -3.07. The summed E-state index contributed by atoms with van der Waals surface area (Å²) in [6.07, 6.45) is 0. The summed E-state index contributed by atoms with van der Waals surface area (Å²) in [5, 5.41) is 0. The van der Waals surface area contributed by atoms with Crippen molar-refractivity contribution in [1.29, 1.82) is 0 Å². The average Bonchev–Trinajstić information content (AvgIpc) is 2.62. The van der Waals surface area contributed by atoms with Gasteiger partial charge < -0.3 is 0 Å². The second-order valence-corrected chi connectivity index (χ2v) is 5.08. The number of ketones is 2. The number of hydrogen-bond acceptors (Lipinski definition) is 2. The van der Waals surface area contributed by atoms with Crippen molar-refractivity contribution in [3.05, 3.63) is 107 Å². The van der Waals surface area contributed by atoms with E-state index < -0.39 is 5.82 Å². The van der Waals surface area contributed by atoms with Gasteiger partial charge in [-0.25, -0.2) is 4.39 Å². The van der Waals surface area contributed by atoms with E-state index in [2.05, 4.69) is 0 Å². The minimum absolute atomic E-state index is 0.0741. The van der Waals surface area contributed by atoms with E-state index in [-0.39, 0.29) is 22.7 Å². The lowest BCUT2D eigenvalue weighted by atomic mass is 9.93. The second kappa shape index (κ2) is 6.36. The molecule has 0 saturated heterocycles. The average molecular weight is 304 g/mol. The lowest BCUT2D eigenvalue weighted by Crippen LogP contribution is -2.11. The Bertz CT molecular complexity index is 855. The zero-order valence-electron chi connectivity index (χ0n) is 12.2. The van der Waals surface area contributed by atoms with Crippen LogP contribution in [0.5, 0.6) is 0 Å². The molecule has 0 aromatic heterocycles. The Kier molecular flexibility index (Phi) is 4.11. The predicted molar refractivity (Wildman–Crippen MR) is 86.1 cm³/mol. The molecule has 23 heavy (non-hydrogen) atoms. The first-order chi connectivity index (χ1) is 11.2. The molecule has 3 heteroatoms. The van der Waals surface area contributed by atoms with Crippen molar-refractivity contribution in [2.75, 3.05) is 0 Å². The van der Waals surface area contributed by atoms with Crippen LogP contribution >= 0.6 is 0 Å². The van der Waals surface area contributed by atoms with E-state index in [0.717, 1.165) is 6.07 Å². The number of carbonyl (C=O) groups excluding carboxylic acids is 2. The molecule has 0 bridgehead atoms. The van der Waals surface area contributed by atoms with Crippen LogP contribution in [0.25, 0.3) is 0 Å². The van der Waals surface area contributed by atoms with E-state index in [4.69, 9.17) is 0 Å². The number of benzene rings is 3. The zero-order chi connectivity index (χ0) is 16.2. The Balaban J connectivity index is 2.09. The highest BCUT2D eigenvalue weighted by Gasteiger charge is 2.20. The molecule has 3 aromatic carbocycles. The summed E-state index contributed by atoms with van der Waals surface area (Å²) in [6, 6.07) is 20.8. The molecule has 0 unspecified atom stereocenters. The molecule has 0 saturated carbocycles. The minimum atomic E-state index is -0.547. The van der Waals surface area contributed by atoms with Crippen LogP contribution in [0.15, 0.2) is 78.9 Å². The van der Waals surface area contributed by atoms with Crippen molar-refractivity contribution in [3.8, 4) is 0 Å². The lowest BCUT2D eigenvalue weighted by Gasteiger charge is -2.08. The summed E-state index contributed by atoms with van der Waals surface area (Å²) >= 11 is 0. The van der Waals surface area contributed by atoms with Crippen molar-refractivity contribution in [2.24, 2.45) is 0 Å². The summed E-state index contributed by atoms with van der Waals surface area (Å²) in [5.74, 6) is -1.22. The topological polar surface area (TPSA) is 34.1 Å². The summed E-state index contributed by atoms with van der Waals surface area (Å²) in [5.41, 5.74) is 1.15. The maximum atomic E-state index is 13.6. The number of halogens is 1. The fourth-order valence-corrected chi connectivity index (χ4v) is 2.39. The molecule has 0 fully saturated rings. The number of rotatable bonds is 4. The van der Waals surface area contributed by atoms with Crippen LogP contribution in [0.1, 0.15) is 31.8 Å². The zero-order valence-corrected chi connectivity index (χ0v) is 12.2. The minimum Gasteiger partial charge on any atom is -0.289 e. The van der Waals surface area contributed by atoms with Crippen LogP contribution in [-0.4, -0.2) is 11.6 Å². The van der Waals surface area contributed by atoms with Crippen LogP contribution in [0.3, 0.4) is 0 Å². The largest absolute Gasteiger partial charge is 0.289 e. The first kappa shape index (κ1) is 14.9. The number of carbonyl (C=O) groups is 2. The van der Waals surface area contributed by atoms with Gasteiger partial charge in [0.2, 0.25) is 0 Å². The van der Waals surface area contributed by atoms with Gasteiger partial charge in [-0.3, -0.25) is 9.59 Å². The van der Waals surface area contributed by atoms with Crippen LogP contribution in [0.2, 0.25) is 0 Å². The fraction of sp³-hybridized carbons (Fsp3) is 0. The normalized spacial score (nSPS) is 10.3. The number of hydrogen-bond donors (Lipinski definition) is 0. The molecule has 0 aliphatic rings. The van der Waals surface area contributed by atoms with Crippen molar-refractivity contribution in [3.63, 3.8) is 0 Å². The van der Waals surface area contributed by atoms with Gasteiger partial charge in [0.1, 0.15) is 5.82 Å². The van der Waals surface area contributed by atoms with Crippen LogP contribution in [0.4, 0.5) is 4.39 Å². The monoisotopic (exact) mass is 304 g/mol. The third kappa shape index (κ3) is 3.09. The molecule has 112 valence electrons. The third-order valence-electron chi connectivity index (χ3n) is 3.54. The molecule has 0 N–H and O–H groups in total. The summed E-state index contributed by atoms with van der Waals surface area (Å²) < 4.78 is 13.6. The quantitative estimate of drug-likeness (QED) is 0.674. The molecule has 0 radical (unpaired) electrons. The summed E-state index contributed by atoms with van der Waals surface area (Å²) in [4.78, 5) is 25.3. The first-order valence-electron chi connectivity index (χ1n) is 7.16. The van der Waals surface area contributed by atoms with E-state index >= 15 is 0 Å². The Morgan fingerprint density at radius 1 is 0.609 bits per heavy atom. The van der Waals surface area contributed by atoms with Gasteiger partial charge in [0, 0.05) is 22.3 Å². The van der Waals surface area contributed by atoms with Crippen LogP contribution in [0, 0.1) is 5.82 Å². The molecule has 0 amide bonds. The highest BCUT2D eigenvalue weighted by Crippen LogP contribution is 2.19. The van der Waals surface area contributed by atoms with Crippen molar-refractivity contribution in [2.45, 2.75) is 0 Å². The van der Waals surface area contributed by atoms with E-state index in [1.54, 1.807) is 60.7 Å². The van der Waals surface area contributed by atoms with Crippen LogP contribution < -0.4 is 0 Å². The van der Waals surface area contributed by atoms with Gasteiger partial charge in [0.25, 0.3) is 0 Å². The van der Waals surface area contributed by atoms with Crippen molar-refractivity contribution >= 4 is 11.6 Å². The molecule has 0 atom stereocenters. The first-order valence-corrected chi connectivity index (χ1v) is 7.16. The molecule has 3 aromatic rings. The molecule has 3 rings (SSSR count). The third-order valence-corrected chi connectivity index (χ3v) is 3.54. The van der Waals surface area contributed by atoms with Gasteiger partial charge in [-0.05, 0) is 18.2 Å². The molecule has 0 aliphatic heterocycles. The molecule has 0 spiro atoms. The standard InChI is InChI=1S/C20H13FO2/c21-16-11-12-17(19(22)14-7-3-1-4-8-14)18(13-16)20(23)15-9-5-2-6-10-15/h1-13H. The van der Waals surface area contributed by atoms with Crippen molar-refractivity contribution in [1.82, 2.24) is 0 Å². The van der Waals surface area contributed by atoms with E-state index in [1.807, 2.05) is 0 Å². The molecular weight excluding hydrogens is 291 g/mol. The van der Waals surface area contributed by atoms with Gasteiger partial charge >= 0.3 is 0 Å². The molecular formula is C20H13FO2. The van der Waals surface area contributed by atoms with E-state index in [0.29, 0.717) is 11.1 Å². The van der Waals surface area contributed by atoms with Gasteiger partial charge in [0.05, 0.1) is 0 Å². The Morgan fingerprint density at radius 2 is 1.09 bits per heavy atom. The molecule has 0 aliphatic carbocycles. The smallest absolute Gasteiger partial charge is 0.193 e. The second-order valence-electron chi connectivity index (χ2n) is 5.08. The predicted octanol–water partition coefficient (Wildman–Crippen LogP) is 4.29. The maximum Gasteiger partial charge on any atom is 0.193 e. The van der Waals surface area contributed by atoms with Gasteiger partial charge in [-0.15, -0.1) is 0 Å². The molecule has 0 heterocycles. The van der Waals surface area contributed by atoms with Crippen LogP contribution in [-0.2, 0) is 0 Å².